The van der Waals surface area contributed by atoms with Gasteiger partial charge in [-0.25, -0.2) is 0 Å². The van der Waals surface area contributed by atoms with Crippen molar-refractivity contribution in [3.05, 3.63) is 52.6 Å². The number of para-hydroxylation sites is 1. The van der Waals surface area contributed by atoms with E-state index in [1.807, 2.05) is 36.4 Å². The zero-order valence-electron chi connectivity index (χ0n) is 20.5. The molecular formula is C25H29N5O5. The Bertz CT molecular complexity index is 1410. The number of carbonyl (C=O) groups is 1. The summed E-state index contributed by atoms with van der Waals surface area (Å²) in [6.45, 7) is 4.61. The highest BCUT2D eigenvalue weighted by molar-refractivity contribution is 5.91. The van der Waals surface area contributed by atoms with Gasteiger partial charge in [-0.15, -0.1) is 10.2 Å². The van der Waals surface area contributed by atoms with Gasteiger partial charge in [0.2, 0.25) is 17.4 Å². The van der Waals surface area contributed by atoms with Crippen LogP contribution in [0.25, 0.3) is 16.7 Å². The number of hydrogen-bond acceptors (Lipinski definition) is 7. The van der Waals surface area contributed by atoms with Gasteiger partial charge in [-0.1, -0.05) is 26.0 Å². The minimum absolute atomic E-state index is 0.0964. The topological polar surface area (TPSA) is 109 Å². The Morgan fingerprint density at radius 2 is 1.71 bits per heavy atom. The molecule has 0 spiro atoms. The SMILES string of the molecule is COc1cc(NC(=O)CCc2nnc3n(CC(C)C)c(=O)c4ccccc4n23)cc(OC)c1OC. The Hall–Kier alpha value is -4.08. The molecule has 0 aliphatic carbocycles. The maximum Gasteiger partial charge on any atom is 0.262 e. The molecule has 184 valence electrons. The summed E-state index contributed by atoms with van der Waals surface area (Å²) >= 11 is 0. The number of amides is 1. The van der Waals surface area contributed by atoms with Crippen molar-refractivity contribution >= 4 is 28.3 Å². The smallest absolute Gasteiger partial charge is 0.262 e. The quantitative estimate of drug-likeness (QED) is 0.392. The number of fused-ring (bicyclic) bond motifs is 3. The predicted octanol–water partition coefficient (Wildman–Crippen LogP) is 3.30. The Kier molecular flexibility index (Phi) is 6.90. The van der Waals surface area contributed by atoms with E-state index in [2.05, 4.69) is 15.5 Å². The van der Waals surface area contributed by atoms with Crippen LogP contribution in [0.4, 0.5) is 5.69 Å². The molecule has 0 bridgehead atoms. The molecule has 0 aliphatic rings. The second kappa shape index (κ2) is 10.0. The average Bonchev–Trinajstić information content (AvgIpc) is 3.28. The molecule has 1 amide bonds. The van der Waals surface area contributed by atoms with Crippen molar-refractivity contribution in [3.8, 4) is 17.2 Å². The zero-order chi connectivity index (χ0) is 25.1. The molecular weight excluding hydrogens is 450 g/mol. The van der Waals surface area contributed by atoms with E-state index in [0.29, 0.717) is 52.9 Å². The third-order valence-electron chi connectivity index (χ3n) is 5.65. The molecule has 0 atom stereocenters. The number of methoxy groups -OCH3 is 3. The number of hydrogen-bond donors (Lipinski definition) is 1. The third-order valence-corrected chi connectivity index (χ3v) is 5.65. The first-order valence-corrected chi connectivity index (χ1v) is 11.3. The summed E-state index contributed by atoms with van der Waals surface area (Å²) in [6, 6.07) is 10.7. The summed E-state index contributed by atoms with van der Waals surface area (Å²) < 4.78 is 19.5. The molecule has 0 saturated heterocycles. The summed E-state index contributed by atoms with van der Waals surface area (Å²) in [7, 11) is 4.55. The van der Waals surface area contributed by atoms with Crippen LogP contribution in [0.5, 0.6) is 17.2 Å². The van der Waals surface area contributed by atoms with E-state index in [-0.39, 0.29) is 23.8 Å². The number of rotatable bonds is 9. The lowest BCUT2D eigenvalue weighted by Gasteiger charge is -2.14. The number of aromatic nitrogens is 4. The minimum atomic E-state index is -0.212. The van der Waals surface area contributed by atoms with Crippen LogP contribution >= 0.6 is 0 Å². The normalized spacial score (nSPS) is 11.3. The molecule has 1 N–H and O–H groups in total. The average molecular weight is 480 g/mol. The van der Waals surface area contributed by atoms with Crippen molar-refractivity contribution in [2.45, 2.75) is 33.2 Å². The summed E-state index contributed by atoms with van der Waals surface area (Å²) in [6.07, 6.45) is 0.496. The summed E-state index contributed by atoms with van der Waals surface area (Å²) in [5.41, 5.74) is 1.14. The van der Waals surface area contributed by atoms with E-state index in [1.54, 1.807) is 22.8 Å². The van der Waals surface area contributed by atoms with Crippen LogP contribution < -0.4 is 25.1 Å². The van der Waals surface area contributed by atoms with Crippen LogP contribution in [0.2, 0.25) is 0 Å². The van der Waals surface area contributed by atoms with Gasteiger partial charge in [0.15, 0.2) is 11.5 Å². The second-order valence-corrected chi connectivity index (χ2v) is 8.54. The maximum absolute atomic E-state index is 13.1. The minimum Gasteiger partial charge on any atom is -0.493 e. The molecule has 2 heterocycles. The maximum atomic E-state index is 13.1. The van der Waals surface area contributed by atoms with Gasteiger partial charge in [0, 0.05) is 37.2 Å². The third kappa shape index (κ3) is 4.64. The molecule has 0 unspecified atom stereocenters. The Morgan fingerprint density at radius 1 is 1.03 bits per heavy atom. The van der Waals surface area contributed by atoms with Crippen molar-refractivity contribution < 1.29 is 19.0 Å². The molecule has 0 radical (unpaired) electrons. The van der Waals surface area contributed by atoms with Crippen LogP contribution in [-0.4, -0.2) is 46.4 Å². The van der Waals surface area contributed by atoms with Crippen molar-refractivity contribution in [2.75, 3.05) is 26.6 Å². The summed E-state index contributed by atoms with van der Waals surface area (Å²) in [5.74, 6) is 2.46. The fourth-order valence-electron chi connectivity index (χ4n) is 4.11. The van der Waals surface area contributed by atoms with E-state index >= 15 is 0 Å². The number of benzene rings is 2. The first-order valence-electron chi connectivity index (χ1n) is 11.3. The van der Waals surface area contributed by atoms with Crippen LogP contribution in [0, 0.1) is 5.92 Å². The molecule has 10 heteroatoms. The molecule has 2 aromatic heterocycles. The van der Waals surface area contributed by atoms with Crippen LogP contribution in [0.1, 0.15) is 26.1 Å². The van der Waals surface area contributed by atoms with Crippen LogP contribution in [0.3, 0.4) is 0 Å². The number of nitrogens with one attached hydrogen (secondary N) is 1. The van der Waals surface area contributed by atoms with Crippen LogP contribution in [0.15, 0.2) is 41.2 Å². The van der Waals surface area contributed by atoms with Crippen molar-refractivity contribution in [3.63, 3.8) is 0 Å². The lowest BCUT2D eigenvalue weighted by Crippen LogP contribution is -2.25. The van der Waals surface area contributed by atoms with E-state index in [4.69, 9.17) is 14.2 Å². The zero-order valence-corrected chi connectivity index (χ0v) is 20.5. The molecule has 4 rings (SSSR count). The highest BCUT2D eigenvalue weighted by atomic mass is 16.5. The highest BCUT2D eigenvalue weighted by Gasteiger charge is 2.19. The monoisotopic (exact) mass is 479 g/mol. The molecule has 35 heavy (non-hydrogen) atoms. The molecule has 0 saturated carbocycles. The molecule has 0 fully saturated rings. The fraction of sp³-hybridized carbons (Fsp3) is 0.360. The first kappa shape index (κ1) is 24.1. The lowest BCUT2D eigenvalue weighted by molar-refractivity contribution is -0.116. The number of nitrogens with zero attached hydrogens (tertiary/aromatic N) is 4. The van der Waals surface area contributed by atoms with Gasteiger partial charge < -0.3 is 19.5 Å². The van der Waals surface area contributed by atoms with E-state index in [0.717, 1.165) is 5.52 Å². The van der Waals surface area contributed by atoms with E-state index in [9.17, 15) is 9.59 Å². The largest absolute Gasteiger partial charge is 0.493 e. The van der Waals surface area contributed by atoms with Gasteiger partial charge in [-0.2, -0.15) is 0 Å². The Balaban J connectivity index is 1.62. The molecule has 4 aromatic rings. The Labute approximate surface area is 202 Å². The number of aryl methyl sites for hydroxylation is 1. The fourth-order valence-corrected chi connectivity index (χ4v) is 4.11. The van der Waals surface area contributed by atoms with Gasteiger partial charge in [0.05, 0.1) is 32.2 Å². The van der Waals surface area contributed by atoms with Gasteiger partial charge in [0.25, 0.3) is 5.56 Å². The van der Waals surface area contributed by atoms with Crippen molar-refractivity contribution in [2.24, 2.45) is 5.92 Å². The molecule has 0 aliphatic heterocycles. The standard InChI is InChI=1S/C25H29N5O5/c1-15(2)14-29-24(32)17-8-6-7-9-18(17)30-21(27-28-25(29)30)10-11-22(31)26-16-12-19(33-3)23(35-5)20(13-16)34-4/h6-9,12-13,15H,10-11,14H2,1-5H3,(H,26,31). The van der Waals surface area contributed by atoms with E-state index < -0.39 is 0 Å². The van der Waals surface area contributed by atoms with Gasteiger partial charge in [-0.3, -0.25) is 18.6 Å². The second-order valence-electron chi connectivity index (χ2n) is 8.54. The van der Waals surface area contributed by atoms with Gasteiger partial charge in [-0.05, 0) is 18.1 Å². The van der Waals surface area contributed by atoms with Crippen molar-refractivity contribution in [1.82, 2.24) is 19.2 Å². The summed E-state index contributed by atoms with van der Waals surface area (Å²) in [5, 5.41) is 12.1. The van der Waals surface area contributed by atoms with Crippen LogP contribution in [-0.2, 0) is 17.8 Å². The Morgan fingerprint density at radius 3 is 2.34 bits per heavy atom. The van der Waals surface area contributed by atoms with Crippen molar-refractivity contribution in [1.29, 1.82) is 0 Å². The summed E-state index contributed by atoms with van der Waals surface area (Å²) in [4.78, 5) is 25.9. The number of carbonyl (C=O) groups excluding carboxylic acids is 1. The molecule has 2 aromatic carbocycles. The predicted molar refractivity (Wildman–Crippen MR) is 133 cm³/mol. The lowest BCUT2D eigenvalue weighted by atomic mass is 10.2. The first-order chi connectivity index (χ1) is 16.9. The highest BCUT2D eigenvalue weighted by Crippen LogP contribution is 2.39. The van der Waals surface area contributed by atoms with Gasteiger partial charge >= 0.3 is 0 Å². The number of ether oxygens (including phenoxy) is 3. The number of anilines is 1. The molecule has 10 nitrogen and oxygen atoms in total. The van der Waals surface area contributed by atoms with Gasteiger partial charge in [0.1, 0.15) is 5.82 Å². The van der Waals surface area contributed by atoms with E-state index in [1.165, 1.54) is 21.3 Å².